The molecule has 1 atom stereocenters. The Balaban J connectivity index is 1.44. The van der Waals surface area contributed by atoms with E-state index in [1.807, 2.05) is 0 Å². The van der Waals surface area contributed by atoms with Gasteiger partial charge in [-0.25, -0.2) is 13.1 Å². The Labute approximate surface area is 152 Å². The Kier molecular flexibility index (Phi) is 4.95. The quantitative estimate of drug-likeness (QED) is 0.833. The van der Waals surface area contributed by atoms with Crippen LogP contribution in [0.5, 0.6) is 0 Å². The third-order valence-electron chi connectivity index (χ3n) is 4.83. The first-order valence-corrected chi connectivity index (χ1v) is 11.2. The first-order valence-electron chi connectivity index (χ1n) is 8.85. The normalized spacial score (nSPS) is 22.8. The van der Waals surface area contributed by atoms with Crippen LogP contribution in [0.15, 0.2) is 33.2 Å². The topological polar surface area (TPSA) is 75.4 Å². The number of rotatable bonds is 6. The minimum absolute atomic E-state index is 0.0103. The fourth-order valence-corrected chi connectivity index (χ4v) is 5.91. The highest BCUT2D eigenvalue weighted by atomic mass is 32.2. The van der Waals surface area contributed by atoms with Crippen molar-refractivity contribution < 1.29 is 12.9 Å². The molecule has 2 aliphatic rings. The molecule has 0 bridgehead atoms. The zero-order valence-electron chi connectivity index (χ0n) is 14.1. The van der Waals surface area contributed by atoms with Crippen molar-refractivity contribution >= 4 is 21.4 Å². The second-order valence-electron chi connectivity index (χ2n) is 7.02. The van der Waals surface area contributed by atoms with Gasteiger partial charge in [-0.05, 0) is 50.3 Å². The lowest BCUT2D eigenvalue weighted by Crippen LogP contribution is -2.42. The van der Waals surface area contributed by atoms with Gasteiger partial charge in [0.1, 0.15) is 16.2 Å². The van der Waals surface area contributed by atoms with E-state index in [0.717, 1.165) is 49.7 Å². The molecule has 25 heavy (non-hydrogen) atoms. The molecule has 1 aliphatic heterocycles. The predicted octanol–water partition coefficient (Wildman–Crippen LogP) is 2.95. The fraction of sp³-hybridized carbons (Fsp3) is 0.588. The largest absolute Gasteiger partial charge is 0.364 e. The molecule has 4 rings (SSSR count). The maximum atomic E-state index is 12.8. The van der Waals surface area contributed by atoms with Crippen molar-refractivity contribution in [3.05, 3.63) is 24.5 Å². The third-order valence-corrected chi connectivity index (χ3v) is 7.95. The molecule has 0 amide bonds. The Morgan fingerprint density at radius 3 is 2.88 bits per heavy atom. The summed E-state index contributed by atoms with van der Waals surface area (Å²) < 4.78 is 33.6. The zero-order chi connectivity index (χ0) is 17.3. The molecule has 1 N–H and O–H groups in total. The highest BCUT2D eigenvalue weighted by Crippen LogP contribution is 2.31. The van der Waals surface area contributed by atoms with Gasteiger partial charge >= 0.3 is 0 Å². The monoisotopic (exact) mass is 381 g/mol. The lowest BCUT2D eigenvalue weighted by atomic mass is 10.2. The molecular formula is C17H23N3O3S2. The van der Waals surface area contributed by atoms with Gasteiger partial charge in [0, 0.05) is 25.2 Å². The number of sulfonamides is 1. The minimum Gasteiger partial charge on any atom is -0.364 e. The summed E-state index contributed by atoms with van der Waals surface area (Å²) in [6.07, 6.45) is 7.27. The summed E-state index contributed by atoms with van der Waals surface area (Å²) in [5.41, 5.74) is 0.663. The molecule has 1 saturated heterocycles. The molecule has 2 aromatic heterocycles. The molecule has 1 aliphatic carbocycles. The van der Waals surface area contributed by atoms with Crippen molar-refractivity contribution in [2.24, 2.45) is 5.92 Å². The van der Waals surface area contributed by atoms with Crippen LogP contribution < -0.4 is 4.72 Å². The van der Waals surface area contributed by atoms with E-state index in [0.29, 0.717) is 9.90 Å². The summed E-state index contributed by atoms with van der Waals surface area (Å²) in [4.78, 5) is 3.23. The smallest absolute Gasteiger partial charge is 0.250 e. The first-order chi connectivity index (χ1) is 12.1. The van der Waals surface area contributed by atoms with Gasteiger partial charge in [-0.2, -0.15) is 0 Å². The van der Waals surface area contributed by atoms with Gasteiger partial charge in [0.2, 0.25) is 10.0 Å². The van der Waals surface area contributed by atoms with E-state index >= 15 is 0 Å². The predicted molar refractivity (Wildman–Crippen MR) is 96.9 cm³/mol. The molecular weight excluding hydrogens is 358 g/mol. The van der Waals surface area contributed by atoms with Crippen LogP contribution in [0.25, 0.3) is 10.6 Å². The Morgan fingerprint density at radius 1 is 1.24 bits per heavy atom. The summed E-state index contributed by atoms with van der Waals surface area (Å²) in [6.45, 7) is 3.02. The zero-order valence-corrected chi connectivity index (χ0v) is 15.7. The highest BCUT2D eigenvalue weighted by molar-refractivity contribution is 7.91. The van der Waals surface area contributed by atoms with E-state index in [2.05, 4.69) is 14.8 Å². The SMILES string of the molecule is O=S(=O)(N[C@@H]1CCCCN(CC2CC2)C1)c1ccc(-c2ccon2)s1. The van der Waals surface area contributed by atoms with Crippen LogP contribution in [-0.2, 0) is 10.0 Å². The van der Waals surface area contributed by atoms with Gasteiger partial charge in [-0.15, -0.1) is 11.3 Å². The van der Waals surface area contributed by atoms with E-state index in [-0.39, 0.29) is 6.04 Å². The first kappa shape index (κ1) is 17.2. The van der Waals surface area contributed by atoms with Crippen molar-refractivity contribution in [3.8, 4) is 10.6 Å². The average molecular weight is 382 g/mol. The third kappa shape index (κ3) is 4.31. The van der Waals surface area contributed by atoms with Crippen molar-refractivity contribution in [1.82, 2.24) is 14.8 Å². The van der Waals surface area contributed by atoms with Gasteiger partial charge in [0.15, 0.2) is 0 Å². The molecule has 136 valence electrons. The van der Waals surface area contributed by atoms with E-state index in [1.165, 1.54) is 30.4 Å². The van der Waals surface area contributed by atoms with Crippen LogP contribution in [0.1, 0.15) is 32.1 Å². The number of aromatic nitrogens is 1. The summed E-state index contributed by atoms with van der Waals surface area (Å²) >= 11 is 1.23. The summed E-state index contributed by atoms with van der Waals surface area (Å²) in [5.74, 6) is 0.831. The Hall–Kier alpha value is -1.22. The van der Waals surface area contributed by atoms with Gasteiger partial charge in [-0.1, -0.05) is 11.6 Å². The van der Waals surface area contributed by atoms with Gasteiger partial charge < -0.3 is 9.42 Å². The van der Waals surface area contributed by atoms with Gasteiger partial charge in [0.25, 0.3) is 0 Å². The van der Waals surface area contributed by atoms with Crippen LogP contribution in [0.3, 0.4) is 0 Å². The van der Waals surface area contributed by atoms with Crippen molar-refractivity contribution in [3.63, 3.8) is 0 Å². The fourth-order valence-electron chi connectivity index (χ4n) is 3.37. The van der Waals surface area contributed by atoms with E-state index in [9.17, 15) is 8.42 Å². The molecule has 2 fully saturated rings. The molecule has 0 spiro atoms. The van der Waals surface area contributed by atoms with Crippen LogP contribution in [0.4, 0.5) is 0 Å². The molecule has 0 aromatic carbocycles. The van der Waals surface area contributed by atoms with E-state index in [1.54, 1.807) is 18.2 Å². The van der Waals surface area contributed by atoms with Crippen LogP contribution in [0, 0.1) is 5.92 Å². The van der Waals surface area contributed by atoms with E-state index < -0.39 is 10.0 Å². The maximum absolute atomic E-state index is 12.8. The number of hydrogen-bond donors (Lipinski definition) is 1. The van der Waals surface area contributed by atoms with Crippen molar-refractivity contribution in [1.29, 1.82) is 0 Å². The number of nitrogens with zero attached hydrogens (tertiary/aromatic N) is 2. The second kappa shape index (κ2) is 7.19. The summed E-state index contributed by atoms with van der Waals surface area (Å²) in [6, 6.07) is 5.15. The summed E-state index contributed by atoms with van der Waals surface area (Å²) in [5, 5.41) is 3.87. The van der Waals surface area contributed by atoms with Crippen LogP contribution in [-0.4, -0.2) is 44.2 Å². The molecule has 3 heterocycles. The summed E-state index contributed by atoms with van der Waals surface area (Å²) in [7, 11) is -3.50. The van der Waals surface area contributed by atoms with Crippen molar-refractivity contribution in [2.75, 3.05) is 19.6 Å². The lowest BCUT2D eigenvalue weighted by molar-refractivity contribution is 0.257. The molecule has 0 unspecified atom stereocenters. The standard InChI is InChI=1S/C17H23N3O3S2/c21-25(22,17-7-6-16(24-17)15-8-10-23-18-15)19-14-3-1-2-9-20(12-14)11-13-4-5-13/h6-8,10,13-14,19H,1-5,9,11-12H2/t14-/m1/s1. The second-order valence-corrected chi connectivity index (χ2v) is 10.0. The van der Waals surface area contributed by atoms with Gasteiger partial charge in [0.05, 0.1) is 4.88 Å². The Morgan fingerprint density at radius 2 is 2.12 bits per heavy atom. The molecule has 0 radical (unpaired) electrons. The Bertz CT molecular complexity index is 797. The average Bonchev–Trinajstić information content (AvgIpc) is 3.08. The van der Waals surface area contributed by atoms with E-state index in [4.69, 9.17) is 4.52 Å². The molecule has 2 aromatic rings. The number of nitrogens with one attached hydrogen (secondary N) is 1. The minimum atomic E-state index is -3.50. The molecule has 1 saturated carbocycles. The molecule has 8 heteroatoms. The van der Waals surface area contributed by atoms with Gasteiger partial charge in [-0.3, -0.25) is 0 Å². The maximum Gasteiger partial charge on any atom is 0.250 e. The van der Waals surface area contributed by atoms with Crippen molar-refractivity contribution in [2.45, 2.75) is 42.4 Å². The highest BCUT2D eigenvalue weighted by Gasteiger charge is 2.29. The van der Waals surface area contributed by atoms with Crippen LogP contribution in [0.2, 0.25) is 0 Å². The molecule has 6 nitrogen and oxygen atoms in total. The number of thiophene rings is 1. The number of likely N-dealkylation sites (tertiary alicyclic amines) is 1. The van der Waals surface area contributed by atoms with Crippen LogP contribution >= 0.6 is 11.3 Å². The number of hydrogen-bond acceptors (Lipinski definition) is 6. The lowest BCUT2D eigenvalue weighted by Gasteiger charge is -2.24.